The second-order valence-corrected chi connectivity index (χ2v) is 2.10. The standard InChI is InChI=1S/C7H18N2O.C2H6.H2/c1-3-9(4-2)5-6-10-7-8;1-2;/h3-8H2,1-2H3;1-2H3;1H. The van der Waals surface area contributed by atoms with Crippen LogP contribution in [0.15, 0.2) is 0 Å². The number of nitrogens with two attached hydrogens (primary N) is 1. The fraction of sp³-hybridized carbons (Fsp3) is 1.00. The van der Waals surface area contributed by atoms with Crippen molar-refractivity contribution in [2.45, 2.75) is 27.7 Å². The van der Waals surface area contributed by atoms with E-state index in [1.165, 1.54) is 0 Å². The van der Waals surface area contributed by atoms with Crippen molar-refractivity contribution in [3.63, 3.8) is 0 Å². The molecule has 0 bridgehead atoms. The molecule has 0 saturated carbocycles. The van der Waals surface area contributed by atoms with Crippen molar-refractivity contribution < 1.29 is 6.16 Å². The Morgan fingerprint density at radius 3 is 2.08 bits per heavy atom. The van der Waals surface area contributed by atoms with Crippen LogP contribution >= 0.6 is 0 Å². The molecule has 0 unspecified atom stereocenters. The van der Waals surface area contributed by atoms with Gasteiger partial charge in [-0.25, -0.2) is 0 Å². The van der Waals surface area contributed by atoms with E-state index in [1.807, 2.05) is 13.8 Å². The molecule has 0 aliphatic carbocycles. The number of hydrogen-bond acceptors (Lipinski definition) is 3. The molecule has 0 atom stereocenters. The van der Waals surface area contributed by atoms with E-state index in [2.05, 4.69) is 18.7 Å². The van der Waals surface area contributed by atoms with Gasteiger partial charge in [0, 0.05) is 7.97 Å². The molecule has 78 valence electrons. The van der Waals surface area contributed by atoms with E-state index >= 15 is 0 Å². The zero-order valence-corrected chi connectivity index (χ0v) is 8.97. The number of likely N-dealkylation sites (N-methyl/N-ethyl adjacent to an activating group) is 1. The maximum absolute atomic E-state index is 5.16. The fourth-order valence-corrected chi connectivity index (χ4v) is 0.817. The van der Waals surface area contributed by atoms with Gasteiger partial charge < -0.3 is 15.4 Å². The van der Waals surface area contributed by atoms with Crippen LogP contribution in [0.25, 0.3) is 0 Å². The highest BCUT2D eigenvalue weighted by Gasteiger charge is 1.96. The van der Waals surface area contributed by atoms with Gasteiger partial charge in [-0.05, 0) is 13.1 Å². The first-order valence-corrected chi connectivity index (χ1v) is 4.85. The Balaban J connectivity index is -0.000000309. The molecule has 0 heterocycles. The molecule has 0 aliphatic rings. The van der Waals surface area contributed by atoms with Crippen molar-refractivity contribution in [2.75, 3.05) is 33.0 Å². The summed E-state index contributed by atoms with van der Waals surface area (Å²) >= 11 is 0. The molecule has 0 radical (unpaired) electrons. The maximum Gasteiger partial charge on any atom is 0.0940 e. The van der Waals surface area contributed by atoms with Crippen LogP contribution in [0.1, 0.15) is 29.1 Å². The van der Waals surface area contributed by atoms with Gasteiger partial charge in [-0.1, -0.05) is 27.7 Å². The molecule has 0 aromatic heterocycles. The first kappa shape index (κ1) is 14.4. The number of nitrogens with zero attached hydrogens (tertiary/aromatic N) is 1. The molecule has 0 saturated heterocycles. The van der Waals surface area contributed by atoms with Crippen molar-refractivity contribution in [1.82, 2.24) is 4.90 Å². The summed E-state index contributed by atoms with van der Waals surface area (Å²) in [7, 11) is 0. The van der Waals surface area contributed by atoms with Crippen LogP contribution in [-0.2, 0) is 4.74 Å². The van der Waals surface area contributed by atoms with Crippen LogP contribution in [0.2, 0.25) is 0 Å². The molecule has 0 rings (SSSR count). The summed E-state index contributed by atoms with van der Waals surface area (Å²) in [6.07, 6.45) is 0. The molecule has 3 heteroatoms. The predicted octanol–water partition coefficient (Wildman–Crippen LogP) is 1.53. The highest BCUT2D eigenvalue weighted by Crippen LogP contribution is 1.85. The second-order valence-electron chi connectivity index (χ2n) is 2.10. The second kappa shape index (κ2) is 13.5. The zero-order chi connectivity index (χ0) is 9.82. The van der Waals surface area contributed by atoms with Gasteiger partial charge in [0.2, 0.25) is 0 Å². The lowest BCUT2D eigenvalue weighted by molar-refractivity contribution is 0.112. The molecule has 2 N–H and O–H groups in total. The van der Waals surface area contributed by atoms with E-state index in [0.29, 0.717) is 6.73 Å². The van der Waals surface area contributed by atoms with Gasteiger partial charge in [0.05, 0.1) is 13.3 Å². The van der Waals surface area contributed by atoms with Crippen LogP contribution in [0.4, 0.5) is 0 Å². The summed E-state index contributed by atoms with van der Waals surface area (Å²) in [6.45, 7) is 12.5. The summed E-state index contributed by atoms with van der Waals surface area (Å²) in [5.41, 5.74) is 5.16. The quantitative estimate of drug-likeness (QED) is 0.495. The van der Waals surface area contributed by atoms with E-state index in [1.54, 1.807) is 0 Å². The minimum absolute atomic E-state index is 0. The molecular formula is C9H26N2O. The highest BCUT2D eigenvalue weighted by atomic mass is 16.5. The van der Waals surface area contributed by atoms with Crippen molar-refractivity contribution in [2.24, 2.45) is 5.73 Å². The molecule has 0 spiro atoms. The molecular weight excluding hydrogens is 152 g/mol. The van der Waals surface area contributed by atoms with Gasteiger partial charge >= 0.3 is 0 Å². The van der Waals surface area contributed by atoms with Crippen molar-refractivity contribution >= 4 is 0 Å². The third-order valence-electron chi connectivity index (χ3n) is 1.56. The van der Waals surface area contributed by atoms with Gasteiger partial charge in [0.1, 0.15) is 0 Å². The SMILES string of the molecule is CC.CCN(CC)CCOCN.[HH]. The highest BCUT2D eigenvalue weighted by molar-refractivity contribution is 4.49. The predicted molar refractivity (Wildman–Crippen MR) is 56.3 cm³/mol. The van der Waals surface area contributed by atoms with Gasteiger partial charge in [-0.15, -0.1) is 0 Å². The molecule has 3 nitrogen and oxygen atoms in total. The summed E-state index contributed by atoms with van der Waals surface area (Å²) in [4.78, 5) is 2.30. The molecule has 12 heavy (non-hydrogen) atoms. The van der Waals surface area contributed by atoms with E-state index < -0.39 is 0 Å². The van der Waals surface area contributed by atoms with E-state index in [0.717, 1.165) is 26.2 Å². The topological polar surface area (TPSA) is 38.5 Å². The Morgan fingerprint density at radius 1 is 1.25 bits per heavy atom. The summed E-state index contributed by atoms with van der Waals surface area (Å²) < 4.78 is 5.00. The normalized spacial score (nSPS) is 9.50. The van der Waals surface area contributed by atoms with Crippen molar-refractivity contribution in [3.8, 4) is 0 Å². The van der Waals surface area contributed by atoms with E-state index in [-0.39, 0.29) is 1.43 Å². The monoisotopic (exact) mass is 178 g/mol. The lowest BCUT2D eigenvalue weighted by Gasteiger charge is -2.16. The van der Waals surface area contributed by atoms with E-state index in [9.17, 15) is 0 Å². The third-order valence-corrected chi connectivity index (χ3v) is 1.56. The molecule has 0 amide bonds. The Labute approximate surface area is 78.4 Å². The van der Waals surface area contributed by atoms with E-state index in [4.69, 9.17) is 10.5 Å². The van der Waals surface area contributed by atoms with Crippen molar-refractivity contribution in [3.05, 3.63) is 0 Å². The van der Waals surface area contributed by atoms with Crippen LogP contribution in [0, 0.1) is 0 Å². The number of hydrogen-bond donors (Lipinski definition) is 1. The first-order valence-electron chi connectivity index (χ1n) is 4.85. The number of rotatable bonds is 6. The van der Waals surface area contributed by atoms with Gasteiger partial charge in [-0.2, -0.15) is 0 Å². The van der Waals surface area contributed by atoms with Gasteiger partial charge in [0.25, 0.3) is 0 Å². The minimum Gasteiger partial charge on any atom is -0.365 e. The first-order chi connectivity index (χ1) is 5.85. The number of ether oxygens (including phenoxy) is 1. The maximum atomic E-state index is 5.16. The molecule has 0 aromatic carbocycles. The van der Waals surface area contributed by atoms with Crippen LogP contribution in [-0.4, -0.2) is 37.9 Å². The molecule has 0 fully saturated rings. The lowest BCUT2D eigenvalue weighted by atomic mass is 10.5. The lowest BCUT2D eigenvalue weighted by Crippen LogP contribution is -2.27. The van der Waals surface area contributed by atoms with Crippen molar-refractivity contribution in [1.29, 1.82) is 0 Å². The third kappa shape index (κ3) is 9.88. The Hall–Kier alpha value is -0.120. The molecule has 0 aromatic rings. The summed E-state index contributed by atoms with van der Waals surface area (Å²) in [5, 5.41) is 0. The summed E-state index contributed by atoms with van der Waals surface area (Å²) in [5.74, 6) is 0. The largest absolute Gasteiger partial charge is 0.365 e. The Kier molecular flexibility index (Phi) is 16.2. The zero-order valence-electron chi connectivity index (χ0n) is 8.97. The smallest absolute Gasteiger partial charge is 0.0940 e. The van der Waals surface area contributed by atoms with Crippen LogP contribution in [0.3, 0.4) is 0 Å². The van der Waals surface area contributed by atoms with Crippen LogP contribution in [0.5, 0.6) is 0 Å². The average molecular weight is 178 g/mol. The summed E-state index contributed by atoms with van der Waals surface area (Å²) in [6, 6.07) is 0. The minimum atomic E-state index is 0. The molecule has 0 aliphatic heterocycles. The Bertz CT molecular complexity index is 70.6. The van der Waals surface area contributed by atoms with Gasteiger partial charge in [0.15, 0.2) is 0 Å². The Morgan fingerprint density at radius 2 is 1.75 bits per heavy atom. The average Bonchev–Trinajstić information content (AvgIpc) is 2.16. The fourth-order valence-electron chi connectivity index (χ4n) is 0.817. The van der Waals surface area contributed by atoms with Crippen LogP contribution < -0.4 is 5.73 Å². The van der Waals surface area contributed by atoms with Gasteiger partial charge in [-0.3, -0.25) is 0 Å².